The second kappa shape index (κ2) is 3.83. The Labute approximate surface area is 81.1 Å². The minimum absolute atomic E-state index is 0.00869. The van der Waals surface area contributed by atoms with Crippen molar-refractivity contribution in [1.29, 1.82) is 0 Å². The molecule has 0 spiro atoms. The molecule has 0 rings (SSSR count). The Hall–Kier alpha value is -0.970. The number of hydrogen-bond donors (Lipinski definition) is 1. The predicted octanol–water partition coefficient (Wildman–Crippen LogP) is 1.95. The van der Waals surface area contributed by atoms with Gasteiger partial charge in [0, 0.05) is 6.42 Å². The first kappa shape index (κ1) is 12.0. The number of carbonyl (C=O) groups excluding carboxylic acids is 1. The Morgan fingerprint density at radius 1 is 1.31 bits per heavy atom. The number of nitrogens with one attached hydrogen (secondary N) is 1. The zero-order valence-corrected chi connectivity index (χ0v) is 9.19. The van der Waals surface area contributed by atoms with E-state index < -0.39 is 5.54 Å². The van der Waals surface area contributed by atoms with Crippen LogP contribution in [0, 0.1) is 17.8 Å². The van der Waals surface area contributed by atoms with E-state index in [1.807, 2.05) is 34.6 Å². The van der Waals surface area contributed by atoms with Gasteiger partial charge in [0.25, 0.3) is 0 Å². The number of amides is 1. The van der Waals surface area contributed by atoms with Crippen molar-refractivity contribution >= 4 is 5.91 Å². The van der Waals surface area contributed by atoms with Crippen molar-refractivity contribution in [2.24, 2.45) is 5.41 Å². The van der Waals surface area contributed by atoms with Gasteiger partial charge in [0.05, 0.1) is 5.54 Å². The Morgan fingerprint density at radius 3 is 2.08 bits per heavy atom. The van der Waals surface area contributed by atoms with Gasteiger partial charge in [-0.2, -0.15) is 0 Å². The number of hydrogen-bond acceptors (Lipinski definition) is 1. The molecule has 0 fully saturated rings. The molecule has 0 saturated heterocycles. The summed E-state index contributed by atoms with van der Waals surface area (Å²) in [5, 5.41) is 2.79. The Kier molecular flexibility index (Phi) is 3.54. The molecule has 74 valence electrons. The van der Waals surface area contributed by atoms with Crippen molar-refractivity contribution in [1.82, 2.24) is 5.32 Å². The standard InChI is InChI=1S/C11H19NO/c1-7-11(5,6)12-9(13)8-10(2,3)4/h1H,8H2,2-6H3,(H,12,13). The highest BCUT2D eigenvalue weighted by Crippen LogP contribution is 2.18. The van der Waals surface area contributed by atoms with Crippen molar-refractivity contribution in [2.75, 3.05) is 0 Å². The lowest BCUT2D eigenvalue weighted by Crippen LogP contribution is -2.43. The lowest BCUT2D eigenvalue weighted by atomic mass is 9.91. The first-order valence-electron chi connectivity index (χ1n) is 4.45. The van der Waals surface area contributed by atoms with Crippen LogP contribution in [0.4, 0.5) is 0 Å². The molecule has 1 amide bonds. The van der Waals surface area contributed by atoms with Gasteiger partial charge in [-0.1, -0.05) is 26.7 Å². The third kappa shape index (κ3) is 6.21. The van der Waals surface area contributed by atoms with E-state index in [2.05, 4.69) is 11.2 Å². The van der Waals surface area contributed by atoms with Crippen LogP contribution in [0.1, 0.15) is 41.0 Å². The average Bonchev–Trinajstić information content (AvgIpc) is 1.81. The number of rotatable bonds is 2. The van der Waals surface area contributed by atoms with Crippen LogP contribution in [-0.2, 0) is 4.79 Å². The Bertz CT molecular complexity index is 227. The molecular formula is C11H19NO. The molecule has 2 heteroatoms. The second-order valence-electron chi connectivity index (χ2n) is 5.05. The van der Waals surface area contributed by atoms with E-state index in [0.29, 0.717) is 6.42 Å². The maximum absolute atomic E-state index is 11.4. The number of carbonyl (C=O) groups is 1. The van der Waals surface area contributed by atoms with Crippen LogP contribution in [0.25, 0.3) is 0 Å². The molecule has 2 nitrogen and oxygen atoms in total. The molecule has 0 aliphatic rings. The maximum Gasteiger partial charge on any atom is 0.221 e. The molecule has 0 unspecified atom stereocenters. The van der Waals surface area contributed by atoms with E-state index in [0.717, 1.165) is 0 Å². The van der Waals surface area contributed by atoms with E-state index in [9.17, 15) is 4.79 Å². The van der Waals surface area contributed by atoms with Crippen molar-refractivity contribution in [3.05, 3.63) is 0 Å². The SMILES string of the molecule is C#CC(C)(C)NC(=O)CC(C)(C)C. The normalized spacial score (nSPS) is 12.0. The van der Waals surface area contributed by atoms with E-state index >= 15 is 0 Å². The van der Waals surface area contributed by atoms with Gasteiger partial charge < -0.3 is 5.32 Å². The minimum Gasteiger partial charge on any atom is -0.340 e. The molecular weight excluding hydrogens is 162 g/mol. The van der Waals surface area contributed by atoms with E-state index in [-0.39, 0.29) is 11.3 Å². The smallest absolute Gasteiger partial charge is 0.221 e. The monoisotopic (exact) mass is 181 g/mol. The van der Waals surface area contributed by atoms with Gasteiger partial charge in [-0.25, -0.2) is 0 Å². The predicted molar refractivity (Wildman–Crippen MR) is 55.1 cm³/mol. The van der Waals surface area contributed by atoms with E-state index in [1.54, 1.807) is 0 Å². The highest BCUT2D eigenvalue weighted by atomic mass is 16.1. The molecule has 0 radical (unpaired) electrons. The van der Waals surface area contributed by atoms with E-state index in [4.69, 9.17) is 6.42 Å². The molecule has 0 aromatic rings. The second-order valence-corrected chi connectivity index (χ2v) is 5.05. The molecule has 0 aromatic heterocycles. The number of terminal acetylenes is 1. The first-order valence-corrected chi connectivity index (χ1v) is 4.45. The van der Waals surface area contributed by atoms with Crippen LogP contribution >= 0.6 is 0 Å². The zero-order valence-electron chi connectivity index (χ0n) is 9.19. The third-order valence-electron chi connectivity index (χ3n) is 1.50. The Balaban J connectivity index is 4.13. The van der Waals surface area contributed by atoms with Gasteiger partial charge in [-0.3, -0.25) is 4.79 Å². The van der Waals surface area contributed by atoms with Crippen molar-refractivity contribution in [3.63, 3.8) is 0 Å². The largest absolute Gasteiger partial charge is 0.340 e. The topological polar surface area (TPSA) is 29.1 Å². The molecule has 0 bridgehead atoms. The van der Waals surface area contributed by atoms with Crippen LogP contribution < -0.4 is 5.32 Å². The summed E-state index contributed by atoms with van der Waals surface area (Å²) in [4.78, 5) is 11.4. The zero-order chi connectivity index (χ0) is 10.7. The van der Waals surface area contributed by atoms with Gasteiger partial charge in [0.15, 0.2) is 0 Å². The summed E-state index contributed by atoms with van der Waals surface area (Å²) in [5.74, 6) is 2.54. The van der Waals surface area contributed by atoms with Gasteiger partial charge in [-0.15, -0.1) is 6.42 Å². The summed E-state index contributed by atoms with van der Waals surface area (Å²) in [5.41, 5.74) is -0.531. The summed E-state index contributed by atoms with van der Waals surface area (Å²) < 4.78 is 0. The van der Waals surface area contributed by atoms with Crippen molar-refractivity contribution < 1.29 is 4.79 Å². The van der Waals surface area contributed by atoms with Gasteiger partial charge in [0.1, 0.15) is 0 Å². The molecule has 0 atom stereocenters. The highest BCUT2D eigenvalue weighted by molar-refractivity contribution is 5.77. The van der Waals surface area contributed by atoms with Crippen LogP contribution in [0.15, 0.2) is 0 Å². The minimum atomic E-state index is -0.539. The lowest BCUT2D eigenvalue weighted by Gasteiger charge is -2.23. The molecule has 0 heterocycles. The van der Waals surface area contributed by atoms with Gasteiger partial charge in [-0.05, 0) is 19.3 Å². The summed E-state index contributed by atoms with van der Waals surface area (Å²) >= 11 is 0. The maximum atomic E-state index is 11.4. The summed E-state index contributed by atoms with van der Waals surface area (Å²) in [6.45, 7) is 9.70. The molecule has 0 aliphatic heterocycles. The summed E-state index contributed by atoms with van der Waals surface area (Å²) in [7, 11) is 0. The van der Waals surface area contributed by atoms with Crippen LogP contribution in [0.3, 0.4) is 0 Å². The molecule has 0 saturated carbocycles. The molecule has 0 aliphatic carbocycles. The van der Waals surface area contributed by atoms with Crippen LogP contribution in [0.2, 0.25) is 0 Å². The molecule has 0 aromatic carbocycles. The fourth-order valence-corrected chi connectivity index (χ4v) is 0.910. The first-order chi connectivity index (χ1) is 5.66. The van der Waals surface area contributed by atoms with Crippen LogP contribution in [-0.4, -0.2) is 11.4 Å². The molecule has 1 N–H and O–H groups in total. The quantitative estimate of drug-likeness (QED) is 0.648. The van der Waals surface area contributed by atoms with Crippen LogP contribution in [0.5, 0.6) is 0 Å². The highest BCUT2D eigenvalue weighted by Gasteiger charge is 2.21. The lowest BCUT2D eigenvalue weighted by molar-refractivity contribution is -0.123. The summed E-state index contributed by atoms with van der Waals surface area (Å²) in [6.07, 6.45) is 5.75. The van der Waals surface area contributed by atoms with Crippen molar-refractivity contribution in [2.45, 2.75) is 46.6 Å². The van der Waals surface area contributed by atoms with E-state index in [1.165, 1.54) is 0 Å². The summed E-state index contributed by atoms with van der Waals surface area (Å²) in [6, 6.07) is 0. The van der Waals surface area contributed by atoms with Crippen molar-refractivity contribution in [3.8, 4) is 12.3 Å². The molecule has 13 heavy (non-hydrogen) atoms. The van der Waals surface area contributed by atoms with Gasteiger partial charge in [0.2, 0.25) is 5.91 Å². The average molecular weight is 181 g/mol. The van der Waals surface area contributed by atoms with Gasteiger partial charge >= 0.3 is 0 Å². The Morgan fingerprint density at radius 2 is 1.77 bits per heavy atom. The fourth-order valence-electron chi connectivity index (χ4n) is 0.910. The fraction of sp³-hybridized carbons (Fsp3) is 0.727. The third-order valence-corrected chi connectivity index (χ3v) is 1.50.